The van der Waals surface area contributed by atoms with Gasteiger partial charge in [0.2, 0.25) is 10.0 Å². The molecule has 6 nitrogen and oxygen atoms in total. The Hall–Kier alpha value is -1.13. The van der Waals surface area contributed by atoms with Gasteiger partial charge in [0, 0.05) is 22.7 Å². The second-order valence-corrected chi connectivity index (χ2v) is 9.13. The summed E-state index contributed by atoms with van der Waals surface area (Å²) in [6.45, 7) is 0.311. The molecule has 0 unspecified atom stereocenters. The highest BCUT2D eigenvalue weighted by Gasteiger charge is 2.13. The molecule has 0 fully saturated rings. The molecule has 0 aliphatic rings. The maximum atomic E-state index is 12.1. The number of sulfonamides is 1. The number of benzene rings is 1. The molecule has 2 N–H and O–H groups in total. The highest BCUT2D eigenvalue weighted by molar-refractivity contribution is 8.01. The van der Waals surface area contributed by atoms with E-state index in [-0.39, 0.29) is 11.3 Å². The molecule has 0 amide bonds. The van der Waals surface area contributed by atoms with E-state index in [1.165, 1.54) is 47.4 Å². The molecule has 0 aliphatic heterocycles. The van der Waals surface area contributed by atoms with Gasteiger partial charge in [0.25, 0.3) is 0 Å². The first-order valence-corrected chi connectivity index (χ1v) is 10.6. The molecule has 2 rings (SSSR count). The van der Waals surface area contributed by atoms with Crippen molar-refractivity contribution in [3.05, 3.63) is 40.4 Å². The zero-order chi connectivity index (χ0) is 17.6. The molecule has 0 saturated carbocycles. The predicted octanol–water partition coefficient (Wildman–Crippen LogP) is 2.88. The average Bonchev–Trinajstić information content (AvgIpc) is 2.94. The van der Waals surface area contributed by atoms with Crippen molar-refractivity contribution in [2.24, 2.45) is 0 Å². The van der Waals surface area contributed by atoms with Gasteiger partial charge in [-0.05, 0) is 30.7 Å². The number of carboxylic acids is 1. The number of halogens is 1. The fraction of sp³-hybridized carbons (Fsp3) is 0.286. The number of carboxylic acid groups (broad SMARTS) is 1. The van der Waals surface area contributed by atoms with Crippen molar-refractivity contribution >= 4 is 50.7 Å². The second-order valence-electron chi connectivity index (χ2n) is 4.73. The largest absolute Gasteiger partial charge is 0.481 e. The normalized spacial score (nSPS) is 11.5. The first kappa shape index (κ1) is 19.2. The minimum Gasteiger partial charge on any atom is -0.481 e. The lowest BCUT2D eigenvalue weighted by molar-refractivity contribution is -0.136. The topological polar surface area (TPSA) is 96.4 Å². The van der Waals surface area contributed by atoms with E-state index in [2.05, 4.69) is 9.71 Å². The number of thioether (sulfide) groups is 1. The maximum Gasteiger partial charge on any atom is 0.309 e. The number of thiazole rings is 1. The van der Waals surface area contributed by atoms with Gasteiger partial charge in [-0.15, -0.1) is 11.3 Å². The van der Waals surface area contributed by atoms with Gasteiger partial charge in [-0.3, -0.25) is 4.79 Å². The van der Waals surface area contributed by atoms with Crippen molar-refractivity contribution in [3.8, 4) is 0 Å². The lowest BCUT2D eigenvalue weighted by atomic mass is 10.3. The number of hydrogen-bond acceptors (Lipinski definition) is 6. The third-order valence-corrected chi connectivity index (χ3v) is 6.71. The van der Waals surface area contributed by atoms with Crippen LogP contribution in [-0.2, 0) is 21.2 Å². The summed E-state index contributed by atoms with van der Waals surface area (Å²) < 4.78 is 27.4. The molecule has 0 radical (unpaired) electrons. The molecular formula is C14H15ClN2O4S3. The molecular weight excluding hydrogens is 392 g/mol. The van der Waals surface area contributed by atoms with E-state index in [1.807, 2.05) is 0 Å². The molecule has 2 aromatic rings. The molecule has 0 aliphatic carbocycles. The standard InChI is InChI=1S/C14H15ClN2O4S3/c15-10-2-4-12(5-3-10)24(20,21)16-6-1-7-22-14-17-11(9-23-14)8-13(18)19/h2-5,9,16H,1,6-8H2,(H,18,19). The van der Waals surface area contributed by atoms with E-state index < -0.39 is 16.0 Å². The van der Waals surface area contributed by atoms with Gasteiger partial charge >= 0.3 is 5.97 Å². The zero-order valence-corrected chi connectivity index (χ0v) is 15.6. The zero-order valence-electron chi connectivity index (χ0n) is 12.4. The first-order valence-electron chi connectivity index (χ1n) is 6.91. The number of rotatable bonds is 9. The minimum absolute atomic E-state index is 0.0854. The molecule has 24 heavy (non-hydrogen) atoms. The highest BCUT2D eigenvalue weighted by Crippen LogP contribution is 2.23. The Kier molecular flexibility index (Phi) is 7.05. The molecule has 1 aromatic heterocycles. The fourth-order valence-electron chi connectivity index (χ4n) is 1.73. The molecule has 0 bridgehead atoms. The molecule has 0 spiro atoms. The summed E-state index contributed by atoms with van der Waals surface area (Å²) in [7, 11) is -3.53. The predicted molar refractivity (Wildman–Crippen MR) is 95.4 cm³/mol. The van der Waals surface area contributed by atoms with Gasteiger partial charge in [-0.2, -0.15) is 0 Å². The first-order chi connectivity index (χ1) is 11.4. The highest BCUT2D eigenvalue weighted by atomic mass is 35.5. The van der Waals surface area contributed by atoms with Gasteiger partial charge in [0.1, 0.15) is 4.34 Å². The third-order valence-electron chi connectivity index (χ3n) is 2.83. The maximum absolute atomic E-state index is 12.1. The van der Waals surface area contributed by atoms with Crippen molar-refractivity contribution in [3.63, 3.8) is 0 Å². The minimum atomic E-state index is -3.53. The van der Waals surface area contributed by atoms with Crippen LogP contribution in [0.2, 0.25) is 5.02 Å². The number of nitrogens with zero attached hydrogens (tertiary/aromatic N) is 1. The summed E-state index contributed by atoms with van der Waals surface area (Å²) in [5, 5.41) is 10.9. The van der Waals surface area contributed by atoms with Crippen LogP contribution >= 0.6 is 34.7 Å². The van der Waals surface area contributed by atoms with Gasteiger partial charge in [0.15, 0.2) is 0 Å². The third kappa shape index (κ3) is 6.06. The van der Waals surface area contributed by atoms with Crippen LogP contribution in [0.1, 0.15) is 12.1 Å². The Labute approximate surface area is 153 Å². The number of aliphatic carboxylic acids is 1. The van der Waals surface area contributed by atoms with Gasteiger partial charge in [0.05, 0.1) is 17.0 Å². The van der Waals surface area contributed by atoms with E-state index >= 15 is 0 Å². The summed E-state index contributed by atoms with van der Waals surface area (Å²) in [6.07, 6.45) is 0.545. The number of aromatic nitrogens is 1. The van der Waals surface area contributed by atoms with Gasteiger partial charge in [-0.1, -0.05) is 23.4 Å². The number of carbonyl (C=O) groups is 1. The molecule has 130 valence electrons. The van der Waals surface area contributed by atoms with Crippen molar-refractivity contribution in [2.45, 2.75) is 22.1 Å². The molecule has 10 heteroatoms. The summed E-state index contributed by atoms with van der Waals surface area (Å²) in [5.41, 5.74) is 0.540. The number of hydrogen-bond donors (Lipinski definition) is 2. The van der Waals surface area contributed by atoms with E-state index in [9.17, 15) is 13.2 Å². The SMILES string of the molecule is O=C(O)Cc1csc(SCCCNS(=O)(=O)c2ccc(Cl)cc2)n1. The van der Waals surface area contributed by atoms with Crippen LogP contribution in [0.5, 0.6) is 0 Å². The van der Waals surface area contributed by atoms with Crippen LogP contribution in [0.15, 0.2) is 38.9 Å². The fourth-order valence-corrected chi connectivity index (χ4v) is 4.78. The monoisotopic (exact) mass is 406 g/mol. The molecule has 1 heterocycles. The van der Waals surface area contributed by atoms with Crippen LogP contribution in [0.4, 0.5) is 0 Å². The van der Waals surface area contributed by atoms with Crippen molar-refractivity contribution in [1.29, 1.82) is 0 Å². The van der Waals surface area contributed by atoms with Crippen molar-refractivity contribution in [1.82, 2.24) is 9.71 Å². The van der Waals surface area contributed by atoms with Crippen molar-refractivity contribution in [2.75, 3.05) is 12.3 Å². The Morgan fingerprint density at radius 1 is 1.33 bits per heavy atom. The average molecular weight is 407 g/mol. The summed E-state index contributed by atoms with van der Waals surface area (Å²) in [5.74, 6) is -0.225. The Morgan fingerprint density at radius 3 is 2.71 bits per heavy atom. The smallest absolute Gasteiger partial charge is 0.309 e. The van der Waals surface area contributed by atoms with Crippen LogP contribution < -0.4 is 4.72 Å². The van der Waals surface area contributed by atoms with Gasteiger partial charge in [-0.25, -0.2) is 18.1 Å². The summed E-state index contributed by atoms with van der Waals surface area (Å²) in [4.78, 5) is 15.0. The lowest BCUT2D eigenvalue weighted by Gasteiger charge is -2.06. The molecule has 1 aromatic carbocycles. The van der Waals surface area contributed by atoms with Crippen LogP contribution in [-0.4, -0.2) is 36.8 Å². The molecule has 0 atom stereocenters. The summed E-state index contributed by atoms with van der Waals surface area (Å²) >= 11 is 8.61. The lowest BCUT2D eigenvalue weighted by Crippen LogP contribution is -2.25. The van der Waals surface area contributed by atoms with Gasteiger partial charge < -0.3 is 5.11 Å². The van der Waals surface area contributed by atoms with E-state index in [0.717, 1.165) is 4.34 Å². The summed E-state index contributed by atoms with van der Waals surface area (Å²) in [6, 6.07) is 5.98. The van der Waals surface area contributed by atoms with Crippen molar-refractivity contribution < 1.29 is 18.3 Å². The Bertz CT molecular complexity index is 791. The Balaban J connectivity index is 1.73. The van der Waals surface area contributed by atoms with E-state index in [4.69, 9.17) is 16.7 Å². The van der Waals surface area contributed by atoms with Crippen LogP contribution in [0, 0.1) is 0 Å². The van der Waals surface area contributed by atoms with E-state index in [1.54, 1.807) is 5.38 Å². The van der Waals surface area contributed by atoms with E-state index in [0.29, 0.717) is 29.4 Å². The van der Waals surface area contributed by atoms with Crippen LogP contribution in [0.3, 0.4) is 0 Å². The Morgan fingerprint density at radius 2 is 2.04 bits per heavy atom. The number of nitrogens with one attached hydrogen (secondary N) is 1. The van der Waals surface area contributed by atoms with Crippen LogP contribution in [0.25, 0.3) is 0 Å². The quantitative estimate of drug-likeness (QED) is 0.491. The molecule has 0 saturated heterocycles. The second kappa shape index (κ2) is 8.82.